The zero-order valence-electron chi connectivity index (χ0n) is 21.6. The SMILES string of the molecule is CCCCCC(CN(C=O)CCc1ccccc1)C(=O)NCNC(=O)c1cccc(-c2ccccc2)c1. The monoisotopic (exact) mass is 499 g/mol. The molecule has 3 rings (SSSR count). The molecule has 3 aromatic rings. The number of hydrogen-bond acceptors (Lipinski definition) is 3. The van der Waals surface area contributed by atoms with E-state index in [0.29, 0.717) is 25.1 Å². The molecule has 37 heavy (non-hydrogen) atoms. The Labute approximate surface area is 220 Å². The van der Waals surface area contributed by atoms with Gasteiger partial charge in [0.05, 0.1) is 12.6 Å². The zero-order valence-corrected chi connectivity index (χ0v) is 21.6. The molecule has 0 fully saturated rings. The Morgan fingerprint density at radius 1 is 0.865 bits per heavy atom. The molecule has 0 aliphatic heterocycles. The predicted octanol–water partition coefficient (Wildman–Crippen LogP) is 5.05. The lowest BCUT2D eigenvalue weighted by atomic mass is 9.99. The van der Waals surface area contributed by atoms with Crippen molar-refractivity contribution in [2.24, 2.45) is 5.92 Å². The second-order valence-electron chi connectivity index (χ2n) is 9.20. The number of carbonyl (C=O) groups excluding carboxylic acids is 3. The average Bonchev–Trinajstić information content (AvgIpc) is 2.95. The molecule has 0 aliphatic rings. The van der Waals surface area contributed by atoms with Gasteiger partial charge in [-0.25, -0.2) is 0 Å². The van der Waals surface area contributed by atoms with E-state index in [0.717, 1.165) is 48.8 Å². The van der Waals surface area contributed by atoms with Crippen molar-refractivity contribution in [2.75, 3.05) is 19.8 Å². The van der Waals surface area contributed by atoms with Gasteiger partial charge in [-0.3, -0.25) is 14.4 Å². The quantitative estimate of drug-likeness (QED) is 0.174. The molecule has 1 unspecified atom stereocenters. The molecule has 0 aromatic heterocycles. The molecule has 1 atom stereocenters. The molecule has 194 valence electrons. The first-order valence-corrected chi connectivity index (χ1v) is 13.1. The molecular weight excluding hydrogens is 462 g/mol. The fraction of sp³-hybridized carbons (Fsp3) is 0.323. The van der Waals surface area contributed by atoms with E-state index in [1.54, 1.807) is 11.0 Å². The van der Waals surface area contributed by atoms with Gasteiger partial charge in [0.2, 0.25) is 12.3 Å². The van der Waals surface area contributed by atoms with Crippen LogP contribution in [-0.4, -0.2) is 42.9 Å². The van der Waals surface area contributed by atoms with E-state index >= 15 is 0 Å². The molecule has 6 heteroatoms. The van der Waals surface area contributed by atoms with Gasteiger partial charge < -0.3 is 15.5 Å². The van der Waals surface area contributed by atoms with Crippen LogP contribution in [0.1, 0.15) is 48.5 Å². The highest BCUT2D eigenvalue weighted by molar-refractivity contribution is 5.95. The largest absolute Gasteiger partial charge is 0.344 e. The number of nitrogens with zero attached hydrogens (tertiary/aromatic N) is 1. The van der Waals surface area contributed by atoms with Gasteiger partial charge in [0.25, 0.3) is 5.91 Å². The van der Waals surface area contributed by atoms with E-state index in [4.69, 9.17) is 0 Å². The van der Waals surface area contributed by atoms with Crippen LogP contribution in [0.5, 0.6) is 0 Å². The van der Waals surface area contributed by atoms with Crippen molar-refractivity contribution in [1.82, 2.24) is 15.5 Å². The third kappa shape index (κ3) is 9.22. The van der Waals surface area contributed by atoms with Gasteiger partial charge in [0.1, 0.15) is 0 Å². The van der Waals surface area contributed by atoms with E-state index < -0.39 is 0 Å². The molecule has 0 bridgehead atoms. The highest BCUT2D eigenvalue weighted by Crippen LogP contribution is 2.20. The molecule has 0 aliphatic carbocycles. The second kappa shape index (κ2) is 15.2. The first-order valence-electron chi connectivity index (χ1n) is 13.1. The molecule has 0 heterocycles. The number of hydrogen-bond donors (Lipinski definition) is 2. The van der Waals surface area contributed by atoms with Crippen LogP contribution < -0.4 is 10.6 Å². The number of unbranched alkanes of at least 4 members (excludes halogenated alkanes) is 2. The number of benzene rings is 3. The summed E-state index contributed by atoms with van der Waals surface area (Å²) in [5.74, 6) is -0.732. The molecular formula is C31H37N3O3. The fourth-order valence-electron chi connectivity index (χ4n) is 4.26. The summed E-state index contributed by atoms with van der Waals surface area (Å²) < 4.78 is 0. The summed E-state index contributed by atoms with van der Waals surface area (Å²) in [4.78, 5) is 39.2. The Hall–Kier alpha value is -3.93. The minimum Gasteiger partial charge on any atom is -0.344 e. The van der Waals surface area contributed by atoms with Crippen LogP contribution in [0.3, 0.4) is 0 Å². The van der Waals surface area contributed by atoms with Crippen molar-refractivity contribution in [3.63, 3.8) is 0 Å². The molecule has 0 saturated carbocycles. The van der Waals surface area contributed by atoms with E-state index in [-0.39, 0.29) is 24.4 Å². The second-order valence-corrected chi connectivity index (χ2v) is 9.20. The van der Waals surface area contributed by atoms with Gasteiger partial charge in [-0.05, 0) is 41.7 Å². The Morgan fingerprint density at radius 3 is 2.27 bits per heavy atom. The van der Waals surface area contributed by atoms with E-state index in [2.05, 4.69) is 17.6 Å². The molecule has 3 amide bonds. The standard InChI is InChI=1S/C31H37N3O3/c1-2-3-6-16-29(22-34(24-35)20-19-25-12-7-4-8-13-25)31(37)33-23-32-30(36)28-18-11-17-27(21-28)26-14-9-5-10-15-26/h4-5,7-15,17-18,21,24,29H,2-3,6,16,19-20,22-23H2,1H3,(H,32,36)(H,33,37). The first kappa shape index (κ1) is 27.7. The van der Waals surface area contributed by atoms with Gasteiger partial charge in [-0.15, -0.1) is 0 Å². The van der Waals surface area contributed by atoms with E-state index in [9.17, 15) is 14.4 Å². The Kier molecular flexibility index (Phi) is 11.4. The minimum atomic E-state index is -0.328. The van der Waals surface area contributed by atoms with Crippen molar-refractivity contribution in [3.8, 4) is 11.1 Å². The molecule has 0 saturated heterocycles. The Bertz CT molecular complexity index is 1120. The molecule has 0 spiro atoms. The van der Waals surface area contributed by atoms with Crippen LogP contribution in [0.25, 0.3) is 11.1 Å². The summed E-state index contributed by atoms with van der Waals surface area (Å²) in [6.45, 7) is 3.07. The number of amides is 3. The summed E-state index contributed by atoms with van der Waals surface area (Å²) in [5.41, 5.74) is 3.67. The van der Waals surface area contributed by atoms with Crippen LogP contribution >= 0.6 is 0 Å². The third-order valence-electron chi connectivity index (χ3n) is 6.40. The predicted molar refractivity (Wildman–Crippen MR) is 148 cm³/mol. The van der Waals surface area contributed by atoms with Crippen molar-refractivity contribution < 1.29 is 14.4 Å². The van der Waals surface area contributed by atoms with Crippen molar-refractivity contribution in [3.05, 3.63) is 96.1 Å². The number of nitrogens with one attached hydrogen (secondary N) is 2. The van der Waals surface area contributed by atoms with Crippen molar-refractivity contribution in [2.45, 2.75) is 39.0 Å². The summed E-state index contributed by atoms with van der Waals surface area (Å²) >= 11 is 0. The topological polar surface area (TPSA) is 78.5 Å². The maximum Gasteiger partial charge on any atom is 0.252 e. The summed E-state index contributed by atoms with van der Waals surface area (Å²) in [7, 11) is 0. The maximum absolute atomic E-state index is 13.0. The lowest BCUT2D eigenvalue weighted by Crippen LogP contribution is -2.43. The van der Waals surface area contributed by atoms with Crippen molar-refractivity contribution in [1.29, 1.82) is 0 Å². The highest BCUT2D eigenvalue weighted by Gasteiger charge is 2.21. The van der Waals surface area contributed by atoms with Crippen LogP contribution in [0.4, 0.5) is 0 Å². The third-order valence-corrected chi connectivity index (χ3v) is 6.40. The lowest BCUT2D eigenvalue weighted by Gasteiger charge is -2.24. The lowest BCUT2D eigenvalue weighted by molar-refractivity contribution is -0.127. The van der Waals surface area contributed by atoms with E-state index in [1.165, 1.54) is 0 Å². The maximum atomic E-state index is 13.0. The smallest absolute Gasteiger partial charge is 0.252 e. The first-order chi connectivity index (χ1) is 18.1. The molecule has 3 aromatic carbocycles. The van der Waals surface area contributed by atoms with Gasteiger partial charge in [0.15, 0.2) is 0 Å². The molecule has 0 radical (unpaired) electrons. The Balaban J connectivity index is 1.53. The van der Waals surface area contributed by atoms with Crippen LogP contribution in [0, 0.1) is 5.92 Å². The van der Waals surface area contributed by atoms with Gasteiger partial charge >= 0.3 is 0 Å². The normalized spacial score (nSPS) is 11.4. The Morgan fingerprint density at radius 2 is 1.57 bits per heavy atom. The summed E-state index contributed by atoms with van der Waals surface area (Å²) in [5, 5.41) is 5.64. The molecule has 2 N–H and O–H groups in total. The van der Waals surface area contributed by atoms with Gasteiger partial charge in [-0.2, -0.15) is 0 Å². The van der Waals surface area contributed by atoms with Gasteiger partial charge in [0, 0.05) is 18.7 Å². The molecule has 6 nitrogen and oxygen atoms in total. The van der Waals surface area contributed by atoms with Crippen molar-refractivity contribution >= 4 is 18.2 Å². The number of carbonyl (C=O) groups is 3. The van der Waals surface area contributed by atoms with Crippen LogP contribution in [0.2, 0.25) is 0 Å². The average molecular weight is 500 g/mol. The highest BCUT2D eigenvalue weighted by atomic mass is 16.2. The van der Waals surface area contributed by atoms with Crippen LogP contribution in [-0.2, 0) is 16.0 Å². The zero-order chi connectivity index (χ0) is 26.3. The number of rotatable bonds is 15. The van der Waals surface area contributed by atoms with E-state index in [1.807, 2.05) is 78.9 Å². The minimum absolute atomic E-state index is 0.0304. The summed E-state index contributed by atoms with van der Waals surface area (Å²) in [6, 6.07) is 27.3. The van der Waals surface area contributed by atoms with Crippen LogP contribution in [0.15, 0.2) is 84.9 Å². The van der Waals surface area contributed by atoms with Gasteiger partial charge in [-0.1, -0.05) is 99.0 Å². The summed E-state index contributed by atoms with van der Waals surface area (Å²) in [6.07, 6.45) is 5.26. The fourth-order valence-corrected chi connectivity index (χ4v) is 4.26.